The van der Waals surface area contributed by atoms with Crippen molar-refractivity contribution in [1.82, 2.24) is 10.6 Å². The van der Waals surface area contributed by atoms with Gasteiger partial charge in [-0.2, -0.15) is 0 Å². The minimum atomic E-state index is -0.103. The van der Waals surface area contributed by atoms with E-state index in [0.29, 0.717) is 24.6 Å². The molecule has 2 amide bonds. The maximum absolute atomic E-state index is 12.4. The van der Waals surface area contributed by atoms with Crippen LogP contribution in [0, 0.1) is 5.92 Å². The highest BCUT2D eigenvalue weighted by Gasteiger charge is 2.16. The lowest BCUT2D eigenvalue weighted by Crippen LogP contribution is -2.36. The van der Waals surface area contributed by atoms with E-state index in [2.05, 4.69) is 24.5 Å². The van der Waals surface area contributed by atoms with E-state index < -0.39 is 0 Å². The highest BCUT2D eigenvalue weighted by atomic mass is 32.2. The first-order chi connectivity index (χ1) is 11.0. The lowest BCUT2D eigenvalue weighted by atomic mass is 10.1. The smallest absolute Gasteiger partial charge is 0.252 e. The average Bonchev–Trinajstić information content (AvgIpc) is 2.53. The van der Waals surface area contributed by atoms with Crippen molar-refractivity contribution in [2.24, 2.45) is 5.92 Å². The predicted molar refractivity (Wildman–Crippen MR) is 93.8 cm³/mol. The van der Waals surface area contributed by atoms with Crippen LogP contribution in [0.1, 0.15) is 31.1 Å². The fourth-order valence-electron chi connectivity index (χ4n) is 1.72. The largest absolute Gasteiger partial charge is 0.383 e. The van der Waals surface area contributed by atoms with E-state index in [4.69, 9.17) is 4.74 Å². The summed E-state index contributed by atoms with van der Waals surface area (Å²) in [6.45, 7) is 7.10. The molecule has 0 aromatic heterocycles. The van der Waals surface area contributed by atoms with Gasteiger partial charge in [-0.1, -0.05) is 26.0 Å². The Morgan fingerprint density at radius 1 is 1.22 bits per heavy atom. The molecule has 1 aromatic rings. The molecule has 0 aliphatic rings. The molecule has 0 heterocycles. The fraction of sp³-hybridized carbons (Fsp3) is 0.529. The third-order valence-electron chi connectivity index (χ3n) is 3.48. The monoisotopic (exact) mass is 338 g/mol. The third-order valence-corrected chi connectivity index (χ3v) is 4.55. The van der Waals surface area contributed by atoms with Crippen LogP contribution < -0.4 is 10.6 Å². The molecule has 0 fully saturated rings. The molecule has 128 valence electrons. The van der Waals surface area contributed by atoms with Gasteiger partial charge < -0.3 is 15.4 Å². The lowest BCUT2D eigenvalue weighted by molar-refractivity contribution is -0.118. The van der Waals surface area contributed by atoms with E-state index in [9.17, 15) is 9.59 Å². The molecular formula is C17H26N2O3S. The number of methoxy groups -OCH3 is 1. The molecule has 1 rings (SSSR count). The van der Waals surface area contributed by atoms with Crippen LogP contribution in [0.5, 0.6) is 0 Å². The number of carbonyl (C=O) groups is 2. The second kappa shape index (κ2) is 10.3. The Hall–Kier alpha value is -1.53. The zero-order valence-electron chi connectivity index (χ0n) is 14.2. The number of hydrogen-bond donors (Lipinski definition) is 2. The molecule has 0 aliphatic carbocycles. The number of amides is 2. The Bertz CT molecular complexity index is 520. The van der Waals surface area contributed by atoms with E-state index in [1.165, 1.54) is 11.8 Å². The van der Waals surface area contributed by atoms with Crippen molar-refractivity contribution in [3.05, 3.63) is 29.8 Å². The molecule has 2 N–H and O–H groups in total. The van der Waals surface area contributed by atoms with Gasteiger partial charge in [-0.25, -0.2) is 0 Å². The number of carbonyl (C=O) groups excluding carboxylic acids is 2. The van der Waals surface area contributed by atoms with Crippen LogP contribution in [0.25, 0.3) is 0 Å². The fourth-order valence-corrected chi connectivity index (χ4v) is 2.60. The first kappa shape index (κ1) is 19.5. The Morgan fingerprint density at radius 2 is 1.91 bits per heavy atom. The number of ether oxygens (including phenoxy) is 1. The van der Waals surface area contributed by atoms with E-state index in [1.54, 1.807) is 13.2 Å². The van der Waals surface area contributed by atoms with Crippen molar-refractivity contribution in [2.45, 2.75) is 31.7 Å². The van der Waals surface area contributed by atoms with Crippen molar-refractivity contribution in [3.8, 4) is 0 Å². The summed E-state index contributed by atoms with van der Waals surface area (Å²) in [7, 11) is 1.59. The molecule has 0 saturated carbocycles. The van der Waals surface area contributed by atoms with E-state index in [-0.39, 0.29) is 23.6 Å². The molecule has 0 aliphatic heterocycles. The second-order valence-corrected chi connectivity index (χ2v) is 6.65. The zero-order valence-corrected chi connectivity index (χ0v) is 15.0. The van der Waals surface area contributed by atoms with E-state index in [1.807, 2.05) is 25.1 Å². The Labute approximate surface area is 142 Å². The molecule has 6 heteroatoms. The van der Waals surface area contributed by atoms with Gasteiger partial charge in [0, 0.05) is 24.6 Å². The van der Waals surface area contributed by atoms with Gasteiger partial charge in [0.05, 0.1) is 17.9 Å². The summed E-state index contributed by atoms with van der Waals surface area (Å²) in [6.07, 6.45) is 0. The molecule has 0 bridgehead atoms. The van der Waals surface area contributed by atoms with E-state index in [0.717, 1.165) is 4.90 Å². The second-order valence-electron chi connectivity index (χ2n) is 5.63. The summed E-state index contributed by atoms with van der Waals surface area (Å²) in [5, 5.41) is 5.76. The minimum Gasteiger partial charge on any atom is -0.383 e. The Morgan fingerprint density at radius 3 is 2.57 bits per heavy atom. The van der Waals surface area contributed by atoms with Crippen molar-refractivity contribution in [2.75, 3.05) is 26.0 Å². The van der Waals surface area contributed by atoms with Gasteiger partial charge in [0.2, 0.25) is 5.91 Å². The van der Waals surface area contributed by atoms with Crippen LogP contribution in [0.4, 0.5) is 0 Å². The maximum atomic E-state index is 12.4. The van der Waals surface area contributed by atoms with Gasteiger partial charge in [-0.05, 0) is 25.0 Å². The van der Waals surface area contributed by atoms with Crippen molar-refractivity contribution >= 4 is 23.6 Å². The number of hydrogen-bond acceptors (Lipinski definition) is 4. The molecule has 23 heavy (non-hydrogen) atoms. The summed E-state index contributed by atoms with van der Waals surface area (Å²) >= 11 is 1.36. The Kier molecular flexibility index (Phi) is 8.73. The highest BCUT2D eigenvalue weighted by Crippen LogP contribution is 2.22. The van der Waals surface area contributed by atoms with Crippen LogP contribution in [0.3, 0.4) is 0 Å². The first-order valence-electron chi connectivity index (χ1n) is 7.74. The standard InChI is InChI=1S/C17H26N2O3S/c1-12(2)13(3)19-17(21)14-7-5-6-8-15(14)23-11-16(20)18-9-10-22-4/h5-8,12-13H,9-11H2,1-4H3,(H,18,20)(H,19,21). The third kappa shape index (κ3) is 7.05. The molecule has 0 saturated heterocycles. The van der Waals surface area contributed by atoms with E-state index >= 15 is 0 Å². The van der Waals surface area contributed by atoms with Crippen LogP contribution in [-0.2, 0) is 9.53 Å². The van der Waals surface area contributed by atoms with Gasteiger partial charge in [-0.15, -0.1) is 11.8 Å². The SMILES string of the molecule is COCCNC(=O)CSc1ccccc1C(=O)NC(C)C(C)C. The van der Waals surface area contributed by atoms with Gasteiger partial charge in [0.1, 0.15) is 0 Å². The van der Waals surface area contributed by atoms with Crippen LogP contribution in [-0.4, -0.2) is 43.9 Å². The first-order valence-corrected chi connectivity index (χ1v) is 8.72. The van der Waals surface area contributed by atoms with Crippen molar-refractivity contribution in [3.63, 3.8) is 0 Å². The number of benzene rings is 1. The summed E-state index contributed by atoms with van der Waals surface area (Å²) in [4.78, 5) is 25.0. The quantitative estimate of drug-likeness (QED) is 0.536. The highest BCUT2D eigenvalue weighted by molar-refractivity contribution is 8.00. The van der Waals surface area contributed by atoms with Crippen molar-refractivity contribution < 1.29 is 14.3 Å². The van der Waals surface area contributed by atoms with Gasteiger partial charge in [0.15, 0.2) is 0 Å². The topological polar surface area (TPSA) is 67.4 Å². The van der Waals surface area contributed by atoms with Crippen LogP contribution in [0.2, 0.25) is 0 Å². The van der Waals surface area contributed by atoms with Crippen molar-refractivity contribution in [1.29, 1.82) is 0 Å². The summed E-state index contributed by atoms with van der Waals surface area (Å²) < 4.78 is 4.89. The molecule has 1 unspecified atom stereocenters. The number of thioether (sulfide) groups is 1. The summed E-state index contributed by atoms with van der Waals surface area (Å²) in [5.41, 5.74) is 0.606. The molecule has 0 spiro atoms. The summed E-state index contributed by atoms with van der Waals surface area (Å²) in [6, 6.07) is 7.44. The van der Waals surface area contributed by atoms with Gasteiger partial charge in [-0.3, -0.25) is 9.59 Å². The number of rotatable bonds is 9. The summed E-state index contributed by atoms with van der Waals surface area (Å²) in [5.74, 6) is 0.463. The Balaban J connectivity index is 2.63. The zero-order chi connectivity index (χ0) is 17.2. The molecule has 0 radical (unpaired) electrons. The van der Waals surface area contributed by atoms with Gasteiger partial charge in [0.25, 0.3) is 5.91 Å². The minimum absolute atomic E-state index is 0.0715. The molecule has 5 nitrogen and oxygen atoms in total. The normalized spacial score (nSPS) is 12.0. The maximum Gasteiger partial charge on any atom is 0.252 e. The predicted octanol–water partition coefficient (Wildman–Crippen LogP) is 2.32. The lowest BCUT2D eigenvalue weighted by Gasteiger charge is -2.18. The number of nitrogens with one attached hydrogen (secondary N) is 2. The molecule has 1 atom stereocenters. The van der Waals surface area contributed by atoms with Gasteiger partial charge >= 0.3 is 0 Å². The average molecular weight is 338 g/mol. The van der Waals surface area contributed by atoms with Crippen LogP contribution >= 0.6 is 11.8 Å². The molecule has 1 aromatic carbocycles. The molecular weight excluding hydrogens is 312 g/mol. The van der Waals surface area contributed by atoms with Crippen LogP contribution in [0.15, 0.2) is 29.2 Å².